The van der Waals surface area contributed by atoms with Gasteiger partial charge < -0.3 is 5.32 Å². The van der Waals surface area contributed by atoms with E-state index >= 15 is 0 Å². The second kappa shape index (κ2) is 10.0. The number of carbonyl (C=O) groups is 1. The van der Waals surface area contributed by atoms with Crippen molar-refractivity contribution in [3.63, 3.8) is 0 Å². The molecular weight excluding hydrogens is 388 g/mol. The van der Waals surface area contributed by atoms with E-state index in [1.807, 2.05) is 13.1 Å². The predicted molar refractivity (Wildman–Crippen MR) is 120 cm³/mol. The smallest absolute Gasteiger partial charge is 0.150 e. The molecule has 1 aliphatic rings. The topological polar surface area (TPSA) is 42.0 Å². The highest BCUT2D eigenvalue weighted by Gasteiger charge is 2.15. The summed E-state index contributed by atoms with van der Waals surface area (Å²) in [6, 6.07) is 17.2. The molecule has 0 fully saturated rings. The molecule has 2 aromatic carbocycles. The number of nitrogens with zero attached hydrogens (tertiary/aromatic N) is 1. The molecule has 0 spiro atoms. The van der Waals surface area contributed by atoms with Crippen LogP contribution in [0.15, 0.2) is 72.8 Å². The molecule has 28 heavy (non-hydrogen) atoms. The van der Waals surface area contributed by atoms with Gasteiger partial charge in [-0.2, -0.15) is 0 Å². The van der Waals surface area contributed by atoms with Crippen molar-refractivity contribution in [2.45, 2.75) is 12.8 Å². The average Bonchev–Trinajstić information content (AvgIpc) is 3.20. The van der Waals surface area contributed by atoms with Gasteiger partial charge in [0.05, 0.1) is 0 Å². The lowest BCUT2D eigenvalue weighted by atomic mass is 10.0. The number of hydrogen-bond donors (Lipinski definition) is 1. The highest BCUT2D eigenvalue weighted by Crippen LogP contribution is 2.37. The maximum Gasteiger partial charge on any atom is 0.150 e. The summed E-state index contributed by atoms with van der Waals surface area (Å²) in [4.78, 5) is 14.9. The summed E-state index contributed by atoms with van der Waals surface area (Å²) >= 11 is 7.28. The van der Waals surface area contributed by atoms with Crippen LogP contribution in [-0.4, -0.2) is 18.3 Å². The van der Waals surface area contributed by atoms with E-state index in [9.17, 15) is 4.79 Å². The molecule has 0 amide bonds. The lowest BCUT2D eigenvalue weighted by Gasteiger charge is -2.07. The number of aromatic nitrogens is 1. The Morgan fingerprint density at radius 3 is 2.57 bits per heavy atom. The molecule has 0 radical (unpaired) electrons. The van der Waals surface area contributed by atoms with Crippen molar-refractivity contribution in [3.8, 4) is 10.6 Å². The number of carbonyl (C=O) groups excluding carboxylic acids is 1. The van der Waals surface area contributed by atoms with E-state index in [0.717, 1.165) is 34.8 Å². The van der Waals surface area contributed by atoms with E-state index in [2.05, 4.69) is 47.8 Å². The minimum absolute atomic E-state index is 0.597. The van der Waals surface area contributed by atoms with E-state index < -0.39 is 0 Å². The molecule has 1 heterocycles. The van der Waals surface area contributed by atoms with Gasteiger partial charge in [0.15, 0.2) is 0 Å². The third-order valence-corrected chi connectivity index (χ3v) is 5.53. The quantitative estimate of drug-likeness (QED) is 0.486. The Labute approximate surface area is 174 Å². The van der Waals surface area contributed by atoms with Crippen LogP contribution in [0.3, 0.4) is 0 Å². The van der Waals surface area contributed by atoms with E-state index in [0.29, 0.717) is 10.6 Å². The molecule has 0 aliphatic heterocycles. The summed E-state index contributed by atoms with van der Waals surface area (Å²) in [5.74, 6) is 0. The molecule has 1 aliphatic carbocycles. The van der Waals surface area contributed by atoms with E-state index in [1.54, 1.807) is 35.6 Å². The first-order valence-corrected chi connectivity index (χ1v) is 10.2. The van der Waals surface area contributed by atoms with E-state index in [-0.39, 0.29) is 0 Å². The van der Waals surface area contributed by atoms with E-state index in [4.69, 9.17) is 16.6 Å². The summed E-state index contributed by atoms with van der Waals surface area (Å²) in [5.41, 5.74) is 4.23. The number of anilines is 1. The Hall–Kier alpha value is -2.69. The van der Waals surface area contributed by atoms with Crippen molar-refractivity contribution in [2.24, 2.45) is 0 Å². The van der Waals surface area contributed by atoms with Gasteiger partial charge in [-0.3, -0.25) is 4.79 Å². The van der Waals surface area contributed by atoms with Crippen LogP contribution in [0.25, 0.3) is 16.1 Å². The van der Waals surface area contributed by atoms with Gasteiger partial charge >= 0.3 is 0 Å². The number of benzene rings is 2. The van der Waals surface area contributed by atoms with Gasteiger partial charge in [0, 0.05) is 23.2 Å². The van der Waals surface area contributed by atoms with Crippen molar-refractivity contribution in [2.75, 3.05) is 12.4 Å². The molecule has 142 valence electrons. The Kier molecular flexibility index (Phi) is 7.18. The molecule has 0 atom stereocenters. The van der Waals surface area contributed by atoms with Gasteiger partial charge in [-0.25, -0.2) is 4.98 Å². The molecule has 5 heteroatoms. The summed E-state index contributed by atoms with van der Waals surface area (Å²) < 4.78 is 0. The fourth-order valence-corrected chi connectivity index (χ4v) is 3.95. The zero-order valence-electron chi connectivity index (χ0n) is 15.6. The van der Waals surface area contributed by atoms with Gasteiger partial charge in [0.25, 0.3) is 0 Å². The van der Waals surface area contributed by atoms with Gasteiger partial charge in [-0.1, -0.05) is 83.6 Å². The summed E-state index contributed by atoms with van der Waals surface area (Å²) in [6.45, 7) is 0. The lowest BCUT2D eigenvalue weighted by Crippen LogP contribution is -1.94. The summed E-state index contributed by atoms with van der Waals surface area (Å²) in [7, 11) is 1.96. The van der Waals surface area contributed by atoms with Crippen LogP contribution in [0, 0.1) is 0 Å². The number of halogens is 1. The molecular formula is C23H21ClN2OS. The molecule has 4 rings (SSSR count). The molecule has 0 saturated heterocycles. The van der Waals surface area contributed by atoms with Gasteiger partial charge in [-0.05, 0) is 30.5 Å². The SMILES string of the molecule is CNc1sc(-c2ccccc2)nc1C1=CC=CCC1.O=Cc1cccc(Cl)c1. The number of allylic oxidation sites excluding steroid dienone is 4. The third-order valence-electron chi connectivity index (χ3n) is 4.18. The van der Waals surface area contributed by atoms with Crippen molar-refractivity contribution in [1.29, 1.82) is 0 Å². The Morgan fingerprint density at radius 1 is 1.14 bits per heavy atom. The van der Waals surface area contributed by atoms with E-state index in [1.165, 1.54) is 11.1 Å². The number of hydrogen-bond acceptors (Lipinski definition) is 4. The standard InChI is InChI=1S/C16H16N2S.C7H5ClO/c1-17-16-14(12-8-4-2-5-9-12)18-15(19-16)13-10-6-3-7-11-13;8-7-3-1-2-6(4-7)5-9/h2-4,6-8,10-11,17H,5,9H2,1H3;1-5H. The number of rotatable bonds is 4. The molecule has 0 saturated carbocycles. The zero-order chi connectivity index (χ0) is 19.8. The van der Waals surface area contributed by atoms with Crippen LogP contribution in [0.2, 0.25) is 5.02 Å². The average molecular weight is 409 g/mol. The normalized spacial score (nSPS) is 12.6. The summed E-state index contributed by atoms with van der Waals surface area (Å²) in [6.07, 6.45) is 9.45. The third kappa shape index (κ3) is 5.18. The molecule has 3 nitrogen and oxygen atoms in total. The molecule has 3 aromatic rings. The van der Waals surface area contributed by atoms with Gasteiger partial charge in [-0.15, -0.1) is 0 Å². The van der Waals surface area contributed by atoms with Gasteiger partial charge in [0.2, 0.25) is 0 Å². The second-order valence-electron chi connectivity index (χ2n) is 6.14. The maximum atomic E-state index is 10.1. The first kappa shape index (κ1) is 20.1. The van der Waals surface area contributed by atoms with Crippen LogP contribution in [0.1, 0.15) is 28.9 Å². The molecule has 0 unspecified atom stereocenters. The molecule has 1 N–H and O–H groups in total. The monoisotopic (exact) mass is 408 g/mol. The van der Waals surface area contributed by atoms with Crippen LogP contribution < -0.4 is 5.32 Å². The van der Waals surface area contributed by atoms with Crippen LogP contribution >= 0.6 is 22.9 Å². The number of nitrogens with one attached hydrogen (secondary N) is 1. The minimum atomic E-state index is 0.597. The zero-order valence-corrected chi connectivity index (χ0v) is 17.1. The maximum absolute atomic E-state index is 10.1. The fourth-order valence-electron chi connectivity index (χ4n) is 2.79. The Balaban J connectivity index is 0.000000211. The first-order chi connectivity index (χ1) is 13.7. The fraction of sp³-hybridized carbons (Fsp3) is 0.130. The summed E-state index contributed by atoms with van der Waals surface area (Å²) in [5, 5.41) is 6.10. The van der Waals surface area contributed by atoms with Crippen molar-refractivity contribution in [1.82, 2.24) is 4.98 Å². The first-order valence-electron chi connectivity index (χ1n) is 9.02. The highest BCUT2D eigenvalue weighted by atomic mass is 35.5. The van der Waals surface area contributed by atoms with Crippen LogP contribution in [0.5, 0.6) is 0 Å². The predicted octanol–water partition coefficient (Wildman–Crippen LogP) is 6.74. The minimum Gasteiger partial charge on any atom is -0.378 e. The van der Waals surface area contributed by atoms with Crippen molar-refractivity contribution < 1.29 is 4.79 Å². The van der Waals surface area contributed by atoms with Gasteiger partial charge in [0.1, 0.15) is 22.0 Å². The molecule has 0 bridgehead atoms. The lowest BCUT2D eigenvalue weighted by molar-refractivity contribution is 0.112. The molecule has 1 aromatic heterocycles. The Morgan fingerprint density at radius 2 is 1.96 bits per heavy atom. The van der Waals surface area contributed by atoms with Crippen molar-refractivity contribution >= 4 is 39.8 Å². The van der Waals surface area contributed by atoms with Crippen LogP contribution in [-0.2, 0) is 0 Å². The highest BCUT2D eigenvalue weighted by molar-refractivity contribution is 7.19. The number of aldehydes is 1. The number of thiazole rings is 1. The largest absolute Gasteiger partial charge is 0.378 e. The van der Waals surface area contributed by atoms with Crippen molar-refractivity contribution in [3.05, 3.63) is 89.1 Å². The van der Waals surface area contributed by atoms with Crippen LogP contribution in [0.4, 0.5) is 5.00 Å². The second-order valence-corrected chi connectivity index (χ2v) is 7.58. The Bertz CT molecular complexity index is 993.